The highest BCUT2D eigenvalue weighted by Crippen LogP contribution is 2.24. The normalized spacial score (nSPS) is 15.3. The van der Waals surface area contributed by atoms with Crippen molar-refractivity contribution in [3.63, 3.8) is 0 Å². The lowest BCUT2D eigenvalue weighted by Crippen LogP contribution is -2.32. The van der Waals surface area contributed by atoms with Crippen LogP contribution in [-0.2, 0) is 17.1 Å². The molecule has 1 aliphatic rings. The first kappa shape index (κ1) is 18.7. The molecule has 6 nitrogen and oxygen atoms in total. The summed E-state index contributed by atoms with van der Waals surface area (Å²) < 4.78 is 28.6. The standard InChI is InChI=1S/C19H25N3O3S/c1-4-22(16-9-7-8-15(2)12-16)19(23)18-13-17(14-20(18)3)26(24,25)21-10-5-6-11-21/h7-9,12-14H,4-6,10-11H2,1-3H3. The van der Waals surface area contributed by atoms with Gasteiger partial charge in [0, 0.05) is 38.6 Å². The maximum absolute atomic E-state index is 13.1. The Morgan fingerprint density at radius 2 is 1.88 bits per heavy atom. The van der Waals surface area contributed by atoms with Gasteiger partial charge < -0.3 is 9.47 Å². The molecule has 1 amide bonds. The molecule has 0 atom stereocenters. The van der Waals surface area contributed by atoms with Gasteiger partial charge in [0.15, 0.2) is 0 Å². The summed E-state index contributed by atoms with van der Waals surface area (Å²) in [6.45, 7) is 5.48. The third-order valence-corrected chi connectivity index (χ3v) is 6.64. The van der Waals surface area contributed by atoms with Gasteiger partial charge in [-0.1, -0.05) is 12.1 Å². The van der Waals surface area contributed by atoms with E-state index in [1.54, 1.807) is 16.5 Å². The Balaban J connectivity index is 1.94. The Morgan fingerprint density at radius 3 is 2.50 bits per heavy atom. The molecule has 140 valence electrons. The van der Waals surface area contributed by atoms with E-state index in [1.807, 2.05) is 38.1 Å². The molecule has 2 heterocycles. The van der Waals surface area contributed by atoms with Gasteiger partial charge in [-0.05, 0) is 50.5 Å². The van der Waals surface area contributed by atoms with Gasteiger partial charge in [-0.15, -0.1) is 0 Å². The SMILES string of the molecule is CCN(C(=O)c1cc(S(=O)(=O)N2CCCC2)cn1C)c1cccc(C)c1. The minimum absolute atomic E-state index is 0.186. The van der Waals surface area contributed by atoms with Gasteiger partial charge in [-0.25, -0.2) is 8.42 Å². The molecule has 0 N–H and O–H groups in total. The molecule has 1 aromatic heterocycles. The topological polar surface area (TPSA) is 62.6 Å². The molecule has 0 unspecified atom stereocenters. The average Bonchev–Trinajstić information content (AvgIpc) is 3.25. The molecule has 1 aromatic carbocycles. The summed E-state index contributed by atoms with van der Waals surface area (Å²) >= 11 is 0. The largest absolute Gasteiger partial charge is 0.345 e. The fourth-order valence-corrected chi connectivity index (χ4v) is 4.93. The lowest BCUT2D eigenvalue weighted by molar-refractivity contribution is 0.0980. The molecular weight excluding hydrogens is 350 g/mol. The molecule has 0 bridgehead atoms. The summed E-state index contributed by atoms with van der Waals surface area (Å²) in [5.41, 5.74) is 2.24. The minimum Gasteiger partial charge on any atom is -0.345 e. The van der Waals surface area contributed by atoms with Crippen molar-refractivity contribution in [1.29, 1.82) is 0 Å². The molecule has 26 heavy (non-hydrogen) atoms. The Hall–Kier alpha value is -2.12. The van der Waals surface area contributed by atoms with Crippen LogP contribution in [0.15, 0.2) is 41.4 Å². The van der Waals surface area contributed by atoms with Crippen LogP contribution in [0.5, 0.6) is 0 Å². The monoisotopic (exact) mass is 375 g/mol. The van der Waals surface area contributed by atoms with Crippen LogP contribution in [0, 0.1) is 6.92 Å². The van der Waals surface area contributed by atoms with Crippen molar-refractivity contribution in [1.82, 2.24) is 8.87 Å². The molecule has 7 heteroatoms. The smallest absolute Gasteiger partial charge is 0.274 e. The molecular formula is C19H25N3O3S. The summed E-state index contributed by atoms with van der Waals surface area (Å²) in [5, 5.41) is 0. The molecule has 0 aliphatic carbocycles. The zero-order valence-electron chi connectivity index (χ0n) is 15.5. The molecule has 0 radical (unpaired) electrons. The first-order valence-electron chi connectivity index (χ1n) is 8.89. The van der Waals surface area contributed by atoms with Crippen molar-refractivity contribution in [3.8, 4) is 0 Å². The van der Waals surface area contributed by atoms with Crippen molar-refractivity contribution in [3.05, 3.63) is 47.8 Å². The van der Waals surface area contributed by atoms with E-state index in [1.165, 1.54) is 16.6 Å². The van der Waals surface area contributed by atoms with Gasteiger partial charge in [0.2, 0.25) is 10.0 Å². The highest BCUT2D eigenvalue weighted by atomic mass is 32.2. The third kappa shape index (κ3) is 3.41. The van der Waals surface area contributed by atoms with Crippen molar-refractivity contribution in [2.45, 2.75) is 31.6 Å². The van der Waals surface area contributed by atoms with Crippen molar-refractivity contribution in [2.24, 2.45) is 7.05 Å². The predicted octanol–water partition coefficient (Wildman–Crippen LogP) is 2.78. The first-order chi connectivity index (χ1) is 12.3. The van der Waals surface area contributed by atoms with Crippen LogP contribution >= 0.6 is 0 Å². The zero-order valence-corrected chi connectivity index (χ0v) is 16.3. The van der Waals surface area contributed by atoms with E-state index in [0.717, 1.165) is 24.1 Å². The second-order valence-electron chi connectivity index (χ2n) is 6.67. The fourth-order valence-electron chi connectivity index (χ4n) is 3.34. The molecule has 0 saturated carbocycles. The number of aryl methyl sites for hydroxylation is 2. The molecule has 0 spiro atoms. The Morgan fingerprint density at radius 1 is 1.19 bits per heavy atom. The summed E-state index contributed by atoms with van der Waals surface area (Å²) in [5.74, 6) is -0.205. The van der Waals surface area contributed by atoms with Crippen LogP contribution in [0.25, 0.3) is 0 Å². The van der Waals surface area contributed by atoms with Gasteiger partial charge >= 0.3 is 0 Å². The molecule has 3 rings (SSSR count). The van der Waals surface area contributed by atoms with Gasteiger partial charge in [0.1, 0.15) is 10.6 Å². The molecule has 1 aliphatic heterocycles. The number of nitrogens with zero attached hydrogens (tertiary/aromatic N) is 3. The summed E-state index contributed by atoms with van der Waals surface area (Å²) in [7, 11) is -1.83. The highest BCUT2D eigenvalue weighted by molar-refractivity contribution is 7.89. The molecule has 2 aromatic rings. The molecule has 1 saturated heterocycles. The van der Waals surface area contributed by atoms with Gasteiger partial charge in [-0.2, -0.15) is 4.31 Å². The van der Waals surface area contributed by atoms with E-state index in [0.29, 0.717) is 25.3 Å². The maximum Gasteiger partial charge on any atom is 0.274 e. The summed E-state index contributed by atoms with van der Waals surface area (Å²) in [6.07, 6.45) is 3.30. The second-order valence-corrected chi connectivity index (χ2v) is 8.61. The Kier molecular flexibility index (Phi) is 5.20. The number of amides is 1. The Bertz CT molecular complexity index is 912. The number of aromatic nitrogens is 1. The van der Waals surface area contributed by atoms with Crippen LogP contribution in [-0.4, -0.2) is 42.8 Å². The van der Waals surface area contributed by atoms with Crippen molar-refractivity contribution in [2.75, 3.05) is 24.5 Å². The maximum atomic E-state index is 13.1. The van der Waals surface area contributed by atoms with E-state index in [-0.39, 0.29) is 10.8 Å². The van der Waals surface area contributed by atoms with Gasteiger partial charge in [0.05, 0.1) is 0 Å². The van der Waals surface area contributed by atoms with Crippen molar-refractivity contribution >= 4 is 21.6 Å². The van der Waals surface area contributed by atoms with Gasteiger partial charge in [-0.3, -0.25) is 4.79 Å². The van der Waals surface area contributed by atoms with Crippen molar-refractivity contribution < 1.29 is 13.2 Å². The number of carbonyl (C=O) groups excluding carboxylic acids is 1. The quantitative estimate of drug-likeness (QED) is 0.807. The van der Waals surface area contributed by atoms with Crippen LogP contribution in [0.2, 0.25) is 0 Å². The lowest BCUT2D eigenvalue weighted by atomic mass is 10.2. The van der Waals surface area contributed by atoms with E-state index < -0.39 is 10.0 Å². The fraction of sp³-hybridized carbons (Fsp3) is 0.421. The number of hydrogen-bond acceptors (Lipinski definition) is 3. The lowest BCUT2D eigenvalue weighted by Gasteiger charge is -2.21. The Labute approximate surface area is 155 Å². The number of anilines is 1. The van der Waals surface area contributed by atoms with E-state index in [4.69, 9.17) is 0 Å². The number of hydrogen-bond donors (Lipinski definition) is 0. The minimum atomic E-state index is -3.54. The van der Waals surface area contributed by atoms with Gasteiger partial charge in [0.25, 0.3) is 5.91 Å². The number of benzene rings is 1. The van der Waals surface area contributed by atoms with E-state index in [9.17, 15) is 13.2 Å². The number of rotatable bonds is 5. The molecule has 1 fully saturated rings. The van der Waals surface area contributed by atoms with E-state index >= 15 is 0 Å². The van der Waals surface area contributed by atoms with Crippen LogP contribution in [0.4, 0.5) is 5.69 Å². The highest BCUT2D eigenvalue weighted by Gasteiger charge is 2.30. The van der Waals surface area contributed by atoms with Crippen LogP contribution in [0.1, 0.15) is 35.8 Å². The number of carbonyl (C=O) groups is 1. The number of sulfonamides is 1. The van der Waals surface area contributed by atoms with Crippen LogP contribution < -0.4 is 4.90 Å². The first-order valence-corrected chi connectivity index (χ1v) is 10.3. The average molecular weight is 375 g/mol. The second kappa shape index (κ2) is 7.25. The zero-order chi connectivity index (χ0) is 18.9. The van der Waals surface area contributed by atoms with Crippen LogP contribution in [0.3, 0.4) is 0 Å². The predicted molar refractivity (Wildman–Crippen MR) is 102 cm³/mol. The summed E-state index contributed by atoms with van der Waals surface area (Å²) in [4.78, 5) is 14.9. The summed E-state index contributed by atoms with van der Waals surface area (Å²) in [6, 6.07) is 9.22. The van der Waals surface area contributed by atoms with E-state index in [2.05, 4.69) is 0 Å². The third-order valence-electron chi connectivity index (χ3n) is 4.78.